The monoisotopic (exact) mass is 386 g/mol. The number of carbonyl (C=O) groups is 1. The van der Waals surface area contributed by atoms with Gasteiger partial charge < -0.3 is 19.7 Å². The molecule has 0 unspecified atom stereocenters. The minimum atomic E-state index is -0.669. The van der Waals surface area contributed by atoms with Gasteiger partial charge in [-0.05, 0) is 68.8 Å². The zero-order chi connectivity index (χ0) is 19.9. The molecule has 1 fully saturated rings. The third-order valence-electron chi connectivity index (χ3n) is 4.85. The van der Waals surface area contributed by atoms with Gasteiger partial charge in [-0.1, -0.05) is 12.1 Å². The van der Waals surface area contributed by atoms with Crippen molar-refractivity contribution in [2.45, 2.75) is 38.5 Å². The zero-order valence-electron chi connectivity index (χ0n) is 16.4. The van der Waals surface area contributed by atoms with E-state index in [0.29, 0.717) is 12.3 Å². The lowest BCUT2D eigenvalue weighted by molar-refractivity contribution is -0.127. The van der Waals surface area contributed by atoms with Gasteiger partial charge >= 0.3 is 0 Å². The molecule has 6 heteroatoms. The highest BCUT2D eigenvalue weighted by Gasteiger charge is 2.18. The van der Waals surface area contributed by atoms with E-state index in [-0.39, 0.29) is 17.8 Å². The van der Waals surface area contributed by atoms with E-state index in [1.54, 1.807) is 6.92 Å². The van der Waals surface area contributed by atoms with Crippen molar-refractivity contribution in [3.63, 3.8) is 0 Å². The Bertz CT molecular complexity index is 756. The van der Waals surface area contributed by atoms with E-state index in [1.807, 2.05) is 24.3 Å². The summed E-state index contributed by atoms with van der Waals surface area (Å²) in [6.07, 6.45) is 1.68. The molecule has 2 aromatic rings. The lowest BCUT2D eigenvalue weighted by atomic mass is 10.1. The van der Waals surface area contributed by atoms with Crippen LogP contribution in [0.2, 0.25) is 0 Å². The molecule has 1 aliphatic heterocycles. The highest BCUT2D eigenvalue weighted by molar-refractivity contribution is 5.80. The molecule has 1 amide bonds. The lowest BCUT2D eigenvalue weighted by Crippen LogP contribution is -2.36. The molecule has 1 saturated heterocycles. The Labute approximate surface area is 165 Å². The van der Waals surface area contributed by atoms with Crippen LogP contribution in [0.5, 0.6) is 11.5 Å². The van der Waals surface area contributed by atoms with Crippen molar-refractivity contribution >= 4 is 5.91 Å². The predicted molar refractivity (Wildman–Crippen MR) is 106 cm³/mol. The molecule has 0 aliphatic carbocycles. The molecular weight excluding hydrogens is 359 g/mol. The Kier molecular flexibility index (Phi) is 6.87. The average Bonchev–Trinajstić information content (AvgIpc) is 2.70. The quantitative estimate of drug-likeness (QED) is 0.793. The smallest absolute Gasteiger partial charge is 0.261 e. The molecule has 0 spiro atoms. The Hall–Kier alpha value is -2.60. The topological polar surface area (TPSA) is 50.8 Å². The molecule has 0 aromatic heterocycles. The van der Waals surface area contributed by atoms with Crippen molar-refractivity contribution in [3.8, 4) is 11.5 Å². The van der Waals surface area contributed by atoms with E-state index in [4.69, 9.17) is 9.47 Å². The molecule has 0 bridgehead atoms. The fraction of sp³-hybridized carbons (Fsp3) is 0.409. The van der Waals surface area contributed by atoms with Crippen LogP contribution in [-0.2, 0) is 11.3 Å². The second-order valence-electron chi connectivity index (χ2n) is 7.20. The summed E-state index contributed by atoms with van der Waals surface area (Å²) in [6.45, 7) is 4.20. The van der Waals surface area contributed by atoms with Crippen LogP contribution in [0.4, 0.5) is 4.39 Å². The zero-order valence-corrected chi connectivity index (χ0v) is 16.4. The van der Waals surface area contributed by atoms with Gasteiger partial charge in [-0.15, -0.1) is 0 Å². The van der Waals surface area contributed by atoms with Crippen LogP contribution in [-0.4, -0.2) is 43.2 Å². The van der Waals surface area contributed by atoms with E-state index < -0.39 is 6.10 Å². The molecule has 2 aromatic carbocycles. The molecule has 0 saturated carbocycles. The second kappa shape index (κ2) is 9.55. The first kappa shape index (κ1) is 20.1. The van der Waals surface area contributed by atoms with Gasteiger partial charge in [0.15, 0.2) is 6.10 Å². The van der Waals surface area contributed by atoms with Crippen molar-refractivity contribution < 1.29 is 18.7 Å². The Morgan fingerprint density at radius 1 is 1.11 bits per heavy atom. The summed E-state index contributed by atoms with van der Waals surface area (Å²) in [5.41, 5.74) is 0.984. The third kappa shape index (κ3) is 5.96. The fourth-order valence-corrected chi connectivity index (χ4v) is 3.08. The number of hydrogen-bond acceptors (Lipinski definition) is 4. The van der Waals surface area contributed by atoms with Gasteiger partial charge in [0.25, 0.3) is 5.91 Å². The fourth-order valence-electron chi connectivity index (χ4n) is 3.08. The molecule has 1 atom stereocenters. The van der Waals surface area contributed by atoms with E-state index in [0.717, 1.165) is 37.2 Å². The number of nitrogens with zero attached hydrogens (tertiary/aromatic N) is 1. The molecule has 1 N–H and O–H groups in total. The van der Waals surface area contributed by atoms with Crippen molar-refractivity contribution in [1.29, 1.82) is 0 Å². The van der Waals surface area contributed by atoms with Gasteiger partial charge in [-0.3, -0.25) is 4.79 Å². The molecule has 5 nitrogen and oxygen atoms in total. The van der Waals surface area contributed by atoms with Crippen LogP contribution >= 0.6 is 0 Å². The van der Waals surface area contributed by atoms with Gasteiger partial charge in [-0.25, -0.2) is 4.39 Å². The summed E-state index contributed by atoms with van der Waals surface area (Å²) in [5, 5.41) is 2.85. The number of amides is 1. The normalized spacial score (nSPS) is 16.4. The van der Waals surface area contributed by atoms with E-state index in [9.17, 15) is 9.18 Å². The van der Waals surface area contributed by atoms with Gasteiger partial charge in [0.2, 0.25) is 0 Å². The molecular formula is C22H27FN2O3. The van der Waals surface area contributed by atoms with Gasteiger partial charge in [0.1, 0.15) is 23.4 Å². The number of ether oxygens (including phenoxy) is 2. The SMILES string of the molecule is C[C@H](Oc1ccc(F)cc1)C(=O)NCc1ccc(OC2CCN(C)CC2)cc1. The largest absolute Gasteiger partial charge is 0.490 e. The van der Waals surface area contributed by atoms with Crippen molar-refractivity contribution in [1.82, 2.24) is 10.2 Å². The lowest BCUT2D eigenvalue weighted by Gasteiger charge is -2.29. The first-order valence-electron chi connectivity index (χ1n) is 9.63. The highest BCUT2D eigenvalue weighted by Crippen LogP contribution is 2.19. The van der Waals surface area contributed by atoms with Gasteiger partial charge in [0.05, 0.1) is 0 Å². The summed E-state index contributed by atoms with van der Waals surface area (Å²) < 4.78 is 24.5. The summed E-state index contributed by atoms with van der Waals surface area (Å²) in [6, 6.07) is 13.4. The molecule has 3 rings (SSSR count). The van der Waals surface area contributed by atoms with Crippen LogP contribution < -0.4 is 14.8 Å². The maximum absolute atomic E-state index is 12.9. The molecule has 1 heterocycles. The number of halogens is 1. The van der Waals surface area contributed by atoms with Crippen molar-refractivity contribution in [2.75, 3.05) is 20.1 Å². The first-order valence-corrected chi connectivity index (χ1v) is 9.63. The second-order valence-corrected chi connectivity index (χ2v) is 7.20. The predicted octanol–water partition coefficient (Wildman–Crippen LogP) is 3.38. The number of carbonyl (C=O) groups excluding carboxylic acids is 1. The number of piperidine rings is 1. The maximum atomic E-state index is 12.9. The van der Waals surface area contributed by atoms with Gasteiger partial charge in [-0.2, -0.15) is 0 Å². The maximum Gasteiger partial charge on any atom is 0.261 e. The Morgan fingerprint density at radius 2 is 1.71 bits per heavy atom. The van der Waals surface area contributed by atoms with Crippen LogP contribution in [0.25, 0.3) is 0 Å². The number of rotatable bonds is 7. The summed E-state index contributed by atoms with van der Waals surface area (Å²) in [7, 11) is 2.13. The summed E-state index contributed by atoms with van der Waals surface area (Å²) in [4.78, 5) is 14.5. The minimum Gasteiger partial charge on any atom is -0.490 e. The number of likely N-dealkylation sites (tertiary alicyclic amines) is 1. The van der Waals surface area contributed by atoms with Crippen LogP contribution in [0.1, 0.15) is 25.3 Å². The molecule has 0 radical (unpaired) electrons. The van der Waals surface area contributed by atoms with E-state index in [1.165, 1.54) is 24.3 Å². The minimum absolute atomic E-state index is 0.226. The average molecular weight is 386 g/mol. The number of hydrogen-bond donors (Lipinski definition) is 1. The molecule has 1 aliphatic rings. The standard InChI is InChI=1S/C22H27FN2O3/c1-16(27-19-9-5-18(23)6-10-19)22(26)24-15-17-3-7-20(8-4-17)28-21-11-13-25(2)14-12-21/h3-10,16,21H,11-15H2,1-2H3,(H,24,26)/t16-/m0/s1. The number of nitrogens with one attached hydrogen (secondary N) is 1. The number of benzene rings is 2. The first-order chi connectivity index (χ1) is 13.5. The summed E-state index contributed by atoms with van der Waals surface area (Å²) in [5.74, 6) is 0.751. The molecule has 150 valence electrons. The third-order valence-corrected chi connectivity index (χ3v) is 4.85. The van der Waals surface area contributed by atoms with Crippen molar-refractivity contribution in [2.24, 2.45) is 0 Å². The van der Waals surface area contributed by atoms with E-state index in [2.05, 4.69) is 17.3 Å². The summed E-state index contributed by atoms with van der Waals surface area (Å²) >= 11 is 0. The van der Waals surface area contributed by atoms with E-state index >= 15 is 0 Å². The molecule has 28 heavy (non-hydrogen) atoms. The van der Waals surface area contributed by atoms with Gasteiger partial charge in [0, 0.05) is 19.6 Å². The van der Waals surface area contributed by atoms with Crippen LogP contribution in [0.15, 0.2) is 48.5 Å². The Balaban J connectivity index is 1.43. The van der Waals surface area contributed by atoms with Crippen LogP contribution in [0.3, 0.4) is 0 Å². The Morgan fingerprint density at radius 3 is 2.36 bits per heavy atom. The van der Waals surface area contributed by atoms with Crippen molar-refractivity contribution in [3.05, 3.63) is 59.9 Å². The highest BCUT2D eigenvalue weighted by atomic mass is 19.1. The van der Waals surface area contributed by atoms with Crippen LogP contribution in [0, 0.1) is 5.82 Å².